The summed E-state index contributed by atoms with van der Waals surface area (Å²) in [6.07, 6.45) is 0. The van der Waals surface area contributed by atoms with Gasteiger partial charge in [-0.1, -0.05) is 24.3 Å². The number of benzene rings is 2. The van der Waals surface area contributed by atoms with Crippen LogP contribution in [0.5, 0.6) is 0 Å². The lowest BCUT2D eigenvalue weighted by molar-refractivity contribution is -0.119. The molecule has 1 amide bonds. The third-order valence-corrected chi connectivity index (χ3v) is 3.37. The largest absolute Gasteiger partial charge is 0.376 e. The van der Waals surface area contributed by atoms with Crippen molar-refractivity contribution in [1.82, 2.24) is 5.32 Å². The van der Waals surface area contributed by atoms with E-state index in [2.05, 4.69) is 10.6 Å². The number of carbonyl (C=O) groups is 1. The topological polar surface area (TPSA) is 41.1 Å². The van der Waals surface area contributed by atoms with Crippen LogP contribution in [0.3, 0.4) is 0 Å². The quantitative estimate of drug-likeness (QED) is 0.886. The first-order valence-electron chi connectivity index (χ1n) is 6.87. The Morgan fingerprint density at radius 3 is 2.57 bits per heavy atom. The van der Waals surface area contributed by atoms with Gasteiger partial charge in [0, 0.05) is 12.2 Å². The molecule has 0 saturated carbocycles. The first-order chi connectivity index (χ1) is 10.1. The summed E-state index contributed by atoms with van der Waals surface area (Å²) in [6, 6.07) is 12.4. The van der Waals surface area contributed by atoms with Crippen molar-refractivity contribution < 1.29 is 9.18 Å². The molecule has 0 bridgehead atoms. The molecule has 0 aliphatic rings. The van der Waals surface area contributed by atoms with E-state index in [4.69, 9.17) is 0 Å². The van der Waals surface area contributed by atoms with Gasteiger partial charge < -0.3 is 10.6 Å². The van der Waals surface area contributed by atoms with Crippen LogP contribution in [-0.4, -0.2) is 12.5 Å². The van der Waals surface area contributed by atoms with Gasteiger partial charge in [0.15, 0.2) is 0 Å². The van der Waals surface area contributed by atoms with E-state index in [1.54, 1.807) is 13.0 Å². The highest BCUT2D eigenvalue weighted by molar-refractivity contribution is 5.80. The molecule has 0 spiro atoms. The Bertz CT molecular complexity index is 640. The van der Waals surface area contributed by atoms with Crippen molar-refractivity contribution in [2.75, 3.05) is 11.9 Å². The van der Waals surface area contributed by atoms with Crippen molar-refractivity contribution in [3.63, 3.8) is 0 Å². The van der Waals surface area contributed by atoms with Gasteiger partial charge in [0.25, 0.3) is 0 Å². The summed E-state index contributed by atoms with van der Waals surface area (Å²) in [5, 5.41) is 5.88. The van der Waals surface area contributed by atoms with Gasteiger partial charge in [0.2, 0.25) is 5.91 Å². The number of hydrogen-bond acceptors (Lipinski definition) is 2. The van der Waals surface area contributed by atoms with Crippen LogP contribution < -0.4 is 10.6 Å². The van der Waals surface area contributed by atoms with Crippen LogP contribution in [-0.2, 0) is 11.3 Å². The van der Waals surface area contributed by atoms with Gasteiger partial charge in [-0.25, -0.2) is 4.39 Å². The van der Waals surface area contributed by atoms with Gasteiger partial charge in [0.1, 0.15) is 5.82 Å². The highest BCUT2D eigenvalue weighted by atomic mass is 19.1. The molecule has 0 heterocycles. The van der Waals surface area contributed by atoms with Crippen LogP contribution in [0.25, 0.3) is 0 Å². The highest BCUT2D eigenvalue weighted by Gasteiger charge is 2.04. The lowest BCUT2D eigenvalue weighted by atomic mass is 10.1. The zero-order chi connectivity index (χ0) is 15.2. The molecule has 0 aliphatic heterocycles. The number of amides is 1. The molecule has 21 heavy (non-hydrogen) atoms. The summed E-state index contributed by atoms with van der Waals surface area (Å²) in [4.78, 5) is 11.8. The molecule has 2 aromatic rings. The second kappa shape index (κ2) is 6.88. The molecule has 0 aromatic heterocycles. The maximum atomic E-state index is 13.0. The fraction of sp³-hybridized carbons (Fsp3) is 0.235. The van der Waals surface area contributed by atoms with Gasteiger partial charge >= 0.3 is 0 Å². The maximum Gasteiger partial charge on any atom is 0.239 e. The summed E-state index contributed by atoms with van der Waals surface area (Å²) in [7, 11) is 0. The summed E-state index contributed by atoms with van der Waals surface area (Å²) in [5.74, 6) is -0.371. The highest BCUT2D eigenvalue weighted by Crippen LogP contribution is 2.15. The second-order valence-corrected chi connectivity index (χ2v) is 5.02. The Hall–Kier alpha value is -2.36. The Kier molecular flexibility index (Phi) is 4.93. The van der Waals surface area contributed by atoms with Crippen molar-refractivity contribution in [2.45, 2.75) is 20.4 Å². The van der Waals surface area contributed by atoms with Crippen molar-refractivity contribution >= 4 is 11.6 Å². The number of carbonyl (C=O) groups excluding carboxylic acids is 1. The normalized spacial score (nSPS) is 10.2. The molecular formula is C17H19FN2O. The molecule has 0 radical (unpaired) electrons. The monoisotopic (exact) mass is 286 g/mol. The van der Waals surface area contributed by atoms with Crippen LogP contribution in [0.1, 0.15) is 16.7 Å². The minimum atomic E-state index is -0.276. The molecule has 110 valence electrons. The van der Waals surface area contributed by atoms with Crippen molar-refractivity contribution in [1.29, 1.82) is 0 Å². The SMILES string of the molecule is Cc1ccccc1CNC(=O)CNc1ccc(F)cc1C. The Labute approximate surface area is 124 Å². The lowest BCUT2D eigenvalue weighted by Gasteiger charge is -2.11. The number of halogens is 1. The predicted octanol–water partition coefficient (Wildman–Crippen LogP) is 3.17. The Morgan fingerprint density at radius 2 is 1.86 bits per heavy atom. The molecule has 0 saturated heterocycles. The fourth-order valence-electron chi connectivity index (χ4n) is 2.07. The van der Waals surface area contributed by atoms with Crippen LogP contribution in [0.4, 0.5) is 10.1 Å². The third-order valence-electron chi connectivity index (χ3n) is 3.37. The maximum absolute atomic E-state index is 13.0. The van der Waals surface area contributed by atoms with Crippen molar-refractivity contribution in [3.8, 4) is 0 Å². The minimum Gasteiger partial charge on any atom is -0.376 e. The van der Waals surface area contributed by atoms with Crippen molar-refractivity contribution in [3.05, 3.63) is 65.0 Å². The van der Waals surface area contributed by atoms with E-state index in [1.165, 1.54) is 12.1 Å². The molecule has 0 atom stereocenters. The molecule has 4 heteroatoms. The van der Waals surface area contributed by atoms with Gasteiger partial charge in [-0.2, -0.15) is 0 Å². The molecule has 0 aliphatic carbocycles. The van der Waals surface area contributed by atoms with Crippen molar-refractivity contribution in [2.24, 2.45) is 0 Å². The summed E-state index contributed by atoms with van der Waals surface area (Å²) >= 11 is 0. The summed E-state index contributed by atoms with van der Waals surface area (Å²) < 4.78 is 13.0. The fourth-order valence-corrected chi connectivity index (χ4v) is 2.07. The molecule has 0 unspecified atom stereocenters. The molecular weight excluding hydrogens is 267 g/mol. The third kappa shape index (κ3) is 4.31. The van der Waals surface area contributed by atoms with Gasteiger partial charge in [-0.3, -0.25) is 4.79 Å². The number of anilines is 1. The second-order valence-electron chi connectivity index (χ2n) is 5.02. The smallest absolute Gasteiger partial charge is 0.239 e. The number of rotatable bonds is 5. The first kappa shape index (κ1) is 15.0. The van der Waals surface area contributed by atoms with Gasteiger partial charge in [0.05, 0.1) is 6.54 Å². The van der Waals surface area contributed by atoms with Crippen LogP contribution in [0.2, 0.25) is 0 Å². The van der Waals surface area contributed by atoms with E-state index in [1.807, 2.05) is 31.2 Å². The molecule has 2 rings (SSSR count). The van der Waals surface area contributed by atoms with Crippen LogP contribution in [0.15, 0.2) is 42.5 Å². The average Bonchev–Trinajstić information content (AvgIpc) is 2.45. The standard InChI is InChI=1S/C17H19FN2O/c1-12-5-3-4-6-14(12)10-20-17(21)11-19-16-8-7-15(18)9-13(16)2/h3-9,19H,10-11H2,1-2H3,(H,20,21). The van der Waals surface area contributed by atoms with Crippen LogP contribution >= 0.6 is 0 Å². The van der Waals surface area contributed by atoms with Crippen LogP contribution in [0, 0.1) is 19.7 Å². The Morgan fingerprint density at radius 1 is 1.10 bits per heavy atom. The van der Waals surface area contributed by atoms with E-state index < -0.39 is 0 Å². The molecule has 2 N–H and O–H groups in total. The first-order valence-corrected chi connectivity index (χ1v) is 6.87. The van der Waals surface area contributed by atoms with E-state index in [9.17, 15) is 9.18 Å². The average molecular weight is 286 g/mol. The molecule has 3 nitrogen and oxygen atoms in total. The predicted molar refractivity (Wildman–Crippen MR) is 82.7 cm³/mol. The Balaban J connectivity index is 1.84. The number of hydrogen-bond donors (Lipinski definition) is 2. The summed E-state index contributed by atoms with van der Waals surface area (Å²) in [5.41, 5.74) is 3.80. The van der Waals surface area contributed by atoms with E-state index in [0.717, 1.165) is 22.4 Å². The summed E-state index contributed by atoms with van der Waals surface area (Å²) in [6.45, 7) is 4.49. The lowest BCUT2D eigenvalue weighted by Crippen LogP contribution is -2.29. The minimum absolute atomic E-state index is 0.0954. The van der Waals surface area contributed by atoms with Gasteiger partial charge in [-0.05, 0) is 48.7 Å². The number of nitrogens with one attached hydrogen (secondary N) is 2. The molecule has 0 fully saturated rings. The zero-order valence-corrected chi connectivity index (χ0v) is 12.2. The van der Waals surface area contributed by atoms with E-state index in [0.29, 0.717) is 6.54 Å². The van der Waals surface area contributed by atoms with Gasteiger partial charge in [-0.15, -0.1) is 0 Å². The van der Waals surface area contributed by atoms with E-state index >= 15 is 0 Å². The number of aryl methyl sites for hydroxylation is 2. The van der Waals surface area contributed by atoms with E-state index in [-0.39, 0.29) is 18.3 Å². The zero-order valence-electron chi connectivity index (χ0n) is 12.2. The molecule has 2 aromatic carbocycles.